The smallest absolute Gasteiger partial charge is 0.408 e. The molecule has 0 radical (unpaired) electrons. The van der Waals surface area contributed by atoms with Crippen LogP contribution in [-0.4, -0.2) is 68.2 Å². The van der Waals surface area contributed by atoms with E-state index >= 15 is 0 Å². The number of hydrogen-bond donors (Lipinski definition) is 3. The molecule has 0 bridgehead atoms. The maximum atomic E-state index is 13.0. The van der Waals surface area contributed by atoms with E-state index in [9.17, 15) is 28.8 Å². The van der Waals surface area contributed by atoms with Crippen molar-refractivity contribution in [3.63, 3.8) is 0 Å². The molecule has 0 aliphatic carbocycles. The first-order valence-electron chi connectivity index (χ1n) is 12.1. The first-order chi connectivity index (χ1) is 19.2. The highest BCUT2D eigenvalue weighted by atomic mass is 16.6. The first-order valence-corrected chi connectivity index (χ1v) is 12.1. The topological polar surface area (TPSA) is 175 Å². The summed E-state index contributed by atoms with van der Waals surface area (Å²) in [6.45, 7) is -0.132. The van der Waals surface area contributed by atoms with Gasteiger partial charge in [0.2, 0.25) is 11.8 Å². The van der Waals surface area contributed by atoms with Crippen LogP contribution in [0.3, 0.4) is 0 Å². The second-order valence-electron chi connectivity index (χ2n) is 8.27. The van der Waals surface area contributed by atoms with Gasteiger partial charge in [0.05, 0.1) is 13.5 Å². The average molecular weight is 558 g/mol. The largest absolute Gasteiger partial charge is 0.469 e. The van der Waals surface area contributed by atoms with Crippen molar-refractivity contribution >= 4 is 35.8 Å². The van der Waals surface area contributed by atoms with Crippen molar-refractivity contribution in [2.45, 2.75) is 38.6 Å². The third-order valence-corrected chi connectivity index (χ3v) is 5.16. The van der Waals surface area contributed by atoms with Crippen molar-refractivity contribution in [3.8, 4) is 0 Å². The summed E-state index contributed by atoms with van der Waals surface area (Å²) in [4.78, 5) is 73.2. The third-order valence-electron chi connectivity index (χ3n) is 5.16. The van der Waals surface area contributed by atoms with Crippen molar-refractivity contribution in [1.29, 1.82) is 0 Å². The number of ether oxygens (including phenoxy) is 4. The number of carbonyl (C=O) groups is 6. The van der Waals surface area contributed by atoms with Crippen LogP contribution >= 0.6 is 0 Å². The zero-order valence-electron chi connectivity index (χ0n) is 22.0. The van der Waals surface area contributed by atoms with Crippen molar-refractivity contribution in [2.24, 2.45) is 0 Å². The lowest BCUT2D eigenvalue weighted by Gasteiger charge is -2.22. The molecule has 2 rings (SSSR count). The summed E-state index contributed by atoms with van der Waals surface area (Å²) in [5, 5.41) is 6.86. The zero-order valence-corrected chi connectivity index (χ0v) is 22.0. The van der Waals surface area contributed by atoms with Gasteiger partial charge in [0, 0.05) is 6.92 Å². The molecule has 40 heavy (non-hydrogen) atoms. The van der Waals surface area contributed by atoms with Crippen molar-refractivity contribution in [1.82, 2.24) is 16.0 Å². The molecule has 0 aromatic heterocycles. The molecule has 0 saturated heterocycles. The Hall–Kier alpha value is -4.94. The Morgan fingerprint density at radius 2 is 1.27 bits per heavy atom. The highest BCUT2D eigenvalue weighted by Gasteiger charge is 2.30. The normalized spacial score (nSPS) is 11.7. The number of esters is 3. The van der Waals surface area contributed by atoms with Crippen LogP contribution in [0, 0.1) is 0 Å². The van der Waals surface area contributed by atoms with Crippen LogP contribution in [0.2, 0.25) is 0 Å². The zero-order chi connectivity index (χ0) is 29.3. The number of rotatable bonds is 14. The van der Waals surface area contributed by atoms with Crippen molar-refractivity contribution < 1.29 is 47.7 Å². The Labute approximate surface area is 230 Å². The molecule has 0 fully saturated rings. The summed E-state index contributed by atoms with van der Waals surface area (Å²) >= 11 is 0. The van der Waals surface area contributed by atoms with E-state index in [2.05, 4.69) is 20.7 Å². The molecule has 13 heteroatoms. The third kappa shape index (κ3) is 12.1. The molecular weight excluding hydrogens is 526 g/mol. The van der Waals surface area contributed by atoms with Gasteiger partial charge in [-0.1, -0.05) is 60.7 Å². The second-order valence-corrected chi connectivity index (χ2v) is 8.27. The fraction of sp³-hybridized carbons (Fsp3) is 0.333. The Kier molecular flexibility index (Phi) is 13.1. The van der Waals surface area contributed by atoms with Gasteiger partial charge in [-0.25, -0.2) is 4.79 Å². The van der Waals surface area contributed by atoms with Crippen LogP contribution in [0.5, 0.6) is 0 Å². The number of hydrogen-bond acceptors (Lipinski definition) is 10. The summed E-state index contributed by atoms with van der Waals surface area (Å²) in [6, 6.07) is 14.6. The minimum absolute atomic E-state index is 0.00952. The van der Waals surface area contributed by atoms with Gasteiger partial charge in [-0.3, -0.25) is 24.0 Å². The number of methoxy groups -OCH3 is 1. The van der Waals surface area contributed by atoms with E-state index in [0.29, 0.717) is 5.56 Å². The van der Waals surface area contributed by atoms with Gasteiger partial charge < -0.3 is 34.9 Å². The molecule has 3 N–H and O–H groups in total. The van der Waals surface area contributed by atoms with Gasteiger partial charge in [-0.05, 0) is 11.1 Å². The number of amides is 3. The lowest BCUT2D eigenvalue weighted by Crippen LogP contribution is -2.56. The summed E-state index contributed by atoms with van der Waals surface area (Å²) in [5.74, 6) is -4.16. The summed E-state index contributed by atoms with van der Waals surface area (Å²) in [7, 11) is 1.10. The van der Waals surface area contributed by atoms with Crippen LogP contribution in [0.1, 0.15) is 24.5 Å². The predicted molar refractivity (Wildman–Crippen MR) is 138 cm³/mol. The lowest BCUT2D eigenvalue weighted by atomic mass is 10.1. The van der Waals surface area contributed by atoms with E-state index < -0.39 is 67.5 Å². The maximum Gasteiger partial charge on any atom is 0.408 e. The van der Waals surface area contributed by atoms with Crippen LogP contribution < -0.4 is 16.0 Å². The van der Waals surface area contributed by atoms with E-state index in [1.807, 2.05) is 6.07 Å². The van der Waals surface area contributed by atoms with Gasteiger partial charge in [-0.15, -0.1) is 0 Å². The van der Waals surface area contributed by atoms with Crippen molar-refractivity contribution in [3.05, 3.63) is 71.8 Å². The van der Waals surface area contributed by atoms with E-state index in [0.717, 1.165) is 19.6 Å². The Morgan fingerprint density at radius 1 is 0.700 bits per heavy atom. The van der Waals surface area contributed by atoms with E-state index in [4.69, 9.17) is 14.2 Å². The molecule has 0 aliphatic heterocycles. The second kappa shape index (κ2) is 16.8. The molecule has 0 heterocycles. The summed E-state index contributed by atoms with van der Waals surface area (Å²) < 4.78 is 19.6. The van der Waals surface area contributed by atoms with Crippen LogP contribution in [0.4, 0.5) is 4.79 Å². The molecule has 0 saturated carbocycles. The standard InChI is InChI=1S/C27H31N3O10/c1-18(31)38-17-22(25(34)28-14-24(33)39-15-19-9-5-3-6-10-19)29-26(35)21(13-23(32)37-2)30-27(36)40-16-20-11-7-4-8-12-20/h3-12,21-22H,13-17H2,1-2H3,(H,28,34)(H,29,35)(H,30,36)/t21-,22+/m0/s1. The summed E-state index contributed by atoms with van der Waals surface area (Å²) in [5.41, 5.74) is 1.43. The molecule has 2 aromatic rings. The van der Waals surface area contributed by atoms with Gasteiger partial charge >= 0.3 is 24.0 Å². The molecule has 214 valence electrons. The van der Waals surface area contributed by atoms with Gasteiger partial charge in [0.15, 0.2) is 0 Å². The lowest BCUT2D eigenvalue weighted by molar-refractivity contribution is -0.147. The van der Waals surface area contributed by atoms with Gasteiger partial charge in [0.25, 0.3) is 0 Å². The van der Waals surface area contributed by atoms with E-state index in [1.165, 1.54) is 0 Å². The summed E-state index contributed by atoms with van der Waals surface area (Å²) in [6.07, 6.45) is -1.59. The van der Waals surface area contributed by atoms with Crippen molar-refractivity contribution in [2.75, 3.05) is 20.3 Å². The van der Waals surface area contributed by atoms with Crippen LogP contribution in [0.15, 0.2) is 60.7 Å². The molecule has 3 amide bonds. The molecule has 13 nitrogen and oxygen atoms in total. The molecule has 0 unspecified atom stereocenters. The minimum atomic E-state index is -1.50. The highest BCUT2D eigenvalue weighted by molar-refractivity contribution is 5.94. The Bertz CT molecular complexity index is 1160. The van der Waals surface area contributed by atoms with E-state index in [-0.39, 0.29) is 13.2 Å². The van der Waals surface area contributed by atoms with Crippen LogP contribution in [-0.2, 0) is 56.1 Å². The number of alkyl carbamates (subject to hydrolysis) is 1. The number of carbonyl (C=O) groups excluding carboxylic acids is 6. The maximum absolute atomic E-state index is 13.0. The van der Waals surface area contributed by atoms with Crippen LogP contribution in [0.25, 0.3) is 0 Å². The Morgan fingerprint density at radius 3 is 1.82 bits per heavy atom. The first kappa shape index (κ1) is 31.3. The average Bonchev–Trinajstić information content (AvgIpc) is 2.96. The predicted octanol–water partition coefficient (Wildman–Crippen LogP) is 0.752. The number of nitrogens with one attached hydrogen (secondary N) is 3. The fourth-order valence-electron chi connectivity index (χ4n) is 3.09. The van der Waals surface area contributed by atoms with E-state index in [1.54, 1.807) is 54.6 Å². The Balaban J connectivity index is 1.99. The SMILES string of the molecule is COC(=O)C[C@H](NC(=O)OCc1ccccc1)C(=O)N[C@H](COC(C)=O)C(=O)NCC(=O)OCc1ccccc1. The minimum Gasteiger partial charge on any atom is -0.469 e. The highest BCUT2D eigenvalue weighted by Crippen LogP contribution is 2.04. The van der Waals surface area contributed by atoms with Gasteiger partial charge in [0.1, 0.15) is 38.4 Å². The van der Waals surface area contributed by atoms with Gasteiger partial charge in [-0.2, -0.15) is 0 Å². The fourth-order valence-corrected chi connectivity index (χ4v) is 3.09. The number of benzene rings is 2. The quantitative estimate of drug-likeness (QED) is 0.222. The molecule has 0 spiro atoms. The molecule has 2 aromatic carbocycles. The molecule has 2 atom stereocenters. The molecular formula is C27H31N3O10. The monoisotopic (exact) mass is 557 g/mol. The molecule has 0 aliphatic rings.